The topological polar surface area (TPSA) is 59.6 Å². The van der Waals surface area contributed by atoms with Crippen molar-refractivity contribution in [3.63, 3.8) is 0 Å². The van der Waals surface area contributed by atoms with Gasteiger partial charge < -0.3 is 20.1 Å². The maximum Gasteiger partial charge on any atom is 0.315 e. The number of carbonyl (C=O) groups is 1. The first kappa shape index (κ1) is 17.1. The minimum atomic E-state index is -0.170. The van der Waals surface area contributed by atoms with Crippen LogP contribution in [0.2, 0.25) is 0 Å². The van der Waals surface area contributed by atoms with Crippen LogP contribution in [0.15, 0.2) is 42.5 Å². The van der Waals surface area contributed by atoms with Crippen molar-refractivity contribution in [3.8, 4) is 11.5 Å². The summed E-state index contributed by atoms with van der Waals surface area (Å²) in [5.41, 5.74) is 3.48. The molecule has 25 heavy (non-hydrogen) atoms. The van der Waals surface area contributed by atoms with Crippen LogP contribution < -0.4 is 20.1 Å². The zero-order valence-electron chi connectivity index (χ0n) is 14.7. The first-order valence-electron chi connectivity index (χ1n) is 8.62. The highest BCUT2D eigenvalue weighted by Gasteiger charge is 2.15. The lowest BCUT2D eigenvalue weighted by atomic mass is 10.1. The molecule has 0 spiro atoms. The van der Waals surface area contributed by atoms with Crippen LogP contribution in [0.1, 0.15) is 29.7 Å². The molecule has 3 rings (SSSR count). The van der Waals surface area contributed by atoms with Crippen LogP contribution in [0, 0.1) is 6.92 Å². The number of aryl methyl sites for hydroxylation is 1. The minimum Gasteiger partial charge on any atom is -0.486 e. The summed E-state index contributed by atoms with van der Waals surface area (Å²) in [5, 5.41) is 5.87. The quantitative estimate of drug-likeness (QED) is 0.877. The Morgan fingerprint density at radius 2 is 1.88 bits per heavy atom. The van der Waals surface area contributed by atoms with Crippen molar-refractivity contribution in [2.75, 3.05) is 19.8 Å². The van der Waals surface area contributed by atoms with Crippen LogP contribution in [-0.4, -0.2) is 25.8 Å². The standard InChI is InChI=1S/C20H24N2O3/c1-14-5-3-4-6-16(14)9-10-21-20(23)22-15(2)17-7-8-18-19(13-17)25-12-11-24-18/h3-8,13,15H,9-12H2,1-2H3,(H2,21,22,23). The summed E-state index contributed by atoms with van der Waals surface area (Å²) in [6, 6.07) is 13.7. The Morgan fingerprint density at radius 3 is 2.68 bits per heavy atom. The lowest BCUT2D eigenvalue weighted by molar-refractivity contribution is 0.171. The molecule has 2 aromatic rings. The van der Waals surface area contributed by atoms with Gasteiger partial charge in [0.2, 0.25) is 0 Å². The zero-order valence-corrected chi connectivity index (χ0v) is 14.7. The molecular weight excluding hydrogens is 316 g/mol. The molecule has 5 nitrogen and oxygen atoms in total. The van der Waals surface area contributed by atoms with Gasteiger partial charge in [-0.15, -0.1) is 0 Å². The number of nitrogens with one attached hydrogen (secondary N) is 2. The molecule has 5 heteroatoms. The van der Waals surface area contributed by atoms with Crippen LogP contribution in [0.4, 0.5) is 4.79 Å². The van der Waals surface area contributed by atoms with Crippen LogP contribution in [-0.2, 0) is 6.42 Å². The molecular formula is C20H24N2O3. The molecule has 1 atom stereocenters. The molecule has 0 fully saturated rings. The Labute approximate surface area is 148 Å². The van der Waals surface area contributed by atoms with Crippen molar-refractivity contribution in [1.29, 1.82) is 0 Å². The third kappa shape index (κ3) is 4.44. The van der Waals surface area contributed by atoms with Gasteiger partial charge in [0.05, 0.1) is 6.04 Å². The van der Waals surface area contributed by atoms with E-state index >= 15 is 0 Å². The van der Waals surface area contributed by atoms with Gasteiger partial charge in [-0.3, -0.25) is 0 Å². The van der Waals surface area contributed by atoms with Crippen LogP contribution >= 0.6 is 0 Å². The number of ether oxygens (including phenoxy) is 2. The van der Waals surface area contributed by atoms with E-state index in [4.69, 9.17) is 9.47 Å². The van der Waals surface area contributed by atoms with E-state index in [0.29, 0.717) is 19.8 Å². The molecule has 2 N–H and O–H groups in total. The predicted octanol–water partition coefficient (Wildman–Crippen LogP) is 3.37. The summed E-state index contributed by atoms with van der Waals surface area (Å²) < 4.78 is 11.1. The molecule has 1 unspecified atom stereocenters. The first-order chi connectivity index (χ1) is 12.1. The fourth-order valence-electron chi connectivity index (χ4n) is 2.86. The van der Waals surface area contributed by atoms with Gasteiger partial charge in [-0.2, -0.15) is 0 Å². The van der Waals surface area contributed by atoms with Gasteiger partial charge in [0, 0.05) is 6.54 Å². The molecule has 132 valence electrons. The first-order valence-corrected chi connectivity index (χ1v) is 8.62. The van der Waals surface area contributed by atoms with E-state index in [1.165, 1.54) is 11.1 Å². The fraction of sp³-hybridized carbons (Fsp3) is 0.350. The SMILES string of the molecule is Cc1ccccc1CCNC(=O)NC(C)c1ccc2c(c1)OCCO2. The normalized spacial score (nSPS) is 13.8. The van der Waals surface area contributed by atoms with Crippen LogP contribution in [0.3, 0.4) is 0 Å². The molecule has 1 aliphatic heterocycles. The van der Waals surface area contributed by atoms with E-state index in [-0.39, 0.29) is 12.1 Å². The smallest absolute Gasteiger partial charge is 0.315 e. The Bertz CT molecular complexity index is 745. The van der Waals surface area contributed by atoms with Crippen LogP contribution in [0.5, 0.6) is 11.5 Å². The van der Waals surface area contributed by atoms with E-state index in [0.717, 1.165) is 23.5 Å². The van der Waals surface area contributed by atoms with Gasteiger partial charge in [0.15, 0.2) is 11.5 Å². The van der Waals surface area contributed by atoms with Gasteiger partial charge >= 0.3 is 6.03 Å². The molecule has 1 aliphatic rings. The molecule has 0 radical (unpaired) electrons. The summed E-state index contributed by atoms with van der Waals surface area (Å²) in [6.07, 6.45) is 0.818. The third-order valence-electron chi connectivity index (χ3n) is 4.35. The minimum absolute atomic E-state index is 0.116. The lowest BCUT2D eigenvalue weighted by Crippen LogP contribution is -2.38. The summed E-state index contributed by atoms with van der Waals surface area (Å²) >= 11 is 0. The van der Waals surface area contributed by atoms with Crippen molar-refractivity contribution in [1.82, 2.24) is 10.6 Å². The van der Waals surface area contributed by atoms with Gasteiger partial charge in [-0.25, -0.2) is 4.79 Å². The van der Waals surface area contributed by atoms with E-state index in [2.05, 4.69) is 29.7 Å². The second-order valence-corrected chi connectivity index (χ2v) is 6.20. The third-order valence-corrected chi connectivity index (χ3v) is 4.35. The summed E-state index contributed by atoms with van der Waals surface area (Å²) in [4.78, 5) is 12.1. The van der Waals surface area contributed by atoms with Gasteiger partial charge in [0.1, 0.15) is 13.2 Å². The number of urea groups is 1. The van der Waals surface area contributed by atoms with Crippen LogP contribution in [0.25, 0.3) is 0 Å². The highest BCUT2D eigenvalue weighted by molar-refractivity contribution is 5.74. The van der Waals surface area contributed by atoms with E-state index in [1.54, 1.807) is 0 Å². The molecule has 0 saturated heterocycles. The summed E-state index contributed by atoms with van der Waals surface area (Å²) in [5.74, 6) is 1.49. The highest BCUT2D eigenvalue weighted by atomic mass is 16.6. The number of rotatable bonds is 5. The highest BCUT2D eigenvalue weighted by Crippen LogP contribution is 2.32. The largest absolute Gasteiger partial charge is 0.486 e. The molecule has 2 amide bonds. The van der Waals surface area contributed by atoms with Crippen molar-refractivity contribution < 1.29 is 14.3 Å². The molecule has 0 saturated carbocycles. The second kappa shape index (κ2) is 7.92. The summed E-state index contributed by atoms with van der Waals surface area (Å²) in [6.45, 7) is 5.76. The molecule has 2 aromatic carbocycles. The van der Waals surface area contributed by atoms with Gasteiger partial charge in [-0.1, -0.05) is 30.3 Å². The monoisotopic (exact) mass is 340 g/mol. The molecule has 1 heterocycles. The van der Waals surface area contributed by atoms with E-state index in [1.807, 2.05) is 37.3 Å². The average Bonchev–Trinajstić information content (AvgIpc) is 2.63. The van der Waals surface area contributed by atoms with Gasteiger partial charge in [-0.05, 0) is 49.1 Å². The van der Waals surface area contributed by atoms with Crippen molar-refractivity contribution in [3.05, 3.63) is 59.2 Å². The van der Waals surface area contributed by atoms with Gasteiger partial charge in [0.25, 0.3) is 0 Å². The molecule has 0 aromatic heterocycles. The maximum absolute atomic E-state index is 12.1. The summed E-state index contributed by atoms with van der Waals surface area (Å²) in [7, 11) is 0. The van der Waals surface area contributed by atoms with Crippen molar-refractivity contribution in [2.24, 2.45) is 0 Å². The Morgan fingerprint density at radius 1 is 1.12 bits per heavy atom. The average molecular weight is 340 g/mol. The molecule has 0 bridgehead atoms. The molecule has 0 aliphatic carbocycles. The fourth-order valence-corrected chi connectivity index (χ4v) is 2.86. The number of hydrogen-bond donors (Lipinski definition) is 2. The Hall–Kier alpha value is -2.69. The maximum atomic E-state index is 12.1. The number of carbonyl (C=O) groups excluding carboxylic acids is 1. The lowest BCUT2D eigenvalue weighted by Gasteiger charge is -2.21. The Balaban J connectivity index is 1.50. The second-order valence-electron chi connectivity index (χ2n) is 6.20. The van der Waals surface area contributed by atoms with E-state index < -0.39 is 0 Å². The number of amides is 2. The predicted molar refractivity (Wildman–Crippen MR) is 97.3 cm³/mol. The van der Waals surface area contributed by atoms with Crippen molar-refractivity contribution >= 4 is 6.03 Å². The van der Waals surface area contributed by atoms with Crippen molar-refractivity contribution in [2.45, 2.75) is 26.3 Å². The van der Waals surface area contributed by atoms with E-state index in [9.17, 15) is 4.79 Å². The number of benzene rings is 2. The zero-order chi connectivity index (χ0) is 17.6. The number of fused-ring (bicyclic) bond motifs is 1. The Kier molecular flexibility index (Phi) is 5.43. The number of hydrogen-bond acceptors (Lipinski definition) is 3.